The molecule has 2 aliphatic rings. The summed E-state index contributed by atoms with van der Waals surface area (Å²) < 4.78 is 0. The number of hydrogen-bond acceptors (Lipinski definition) is 2. The summed E-state index contributed by atoms with van der Waals surface area (Å²) in [6, 6.07) is 0.483. The van der Waals surface area contributed by atoms with Crippen LogP contribution in [0.1, 0.15) is 58.3 Å². The molecular weight excluding hydrogens is 198 g/mol. The summed E-state index contributed by atoms with van der Waals surface area (Å²) in [5, 5.41) is 10.0. The molecule has 2 rings (SSSR count). The molecule has 1 saturated carbocycles. The molecule has 1 N–H and O–H groups in total. The third-order valence-corrected chi connectivity index (χ3v) is 4.51. The Labute approximate surface area is 100 Å². The van der Waals surface area contributed by atoms with Crippen molar-refractivity contribution in [1.82, 2.24) is 4.90 Å². The zero-order chi connectivity index (χ0) is 11.4. The lowest BCUT2D eigenvalue weighted by Gasteiger charge is -2.41. The maximum Gasteiger partial charge on any atom is 0.0695 e. The van der Waals surface area contributed by atoms with E-state index in [4.69, 9.17) is 0 Å². The Kier molecular flexibility index (Phi) is 4.66. The Bertz CT molecular complexity index is 199. The molecule has 94 valence electrons. The molecule has 1 aliphatic heterocycles. The Morgan fingerprint density at radius 2 is 1.75 bits per heavy atom. The minimum Gasteiger partial charge on any atom is -0.391 e. The second-order valence-electron chi connectivity index (χ2n) is 5.69. The summed E-state index contributed by atoms with van der Waals surface area (Å²) in [6.07, 6.45) is 10.2. The molecule has 0 aromatic heterocycles. The van der Waals surface area contributed by atoms with Gasteiger partial charge in [-0.2, -0.15) is 0 Å². The van der Waals surface area contributed by atoms with Gasteiger partial charge in [0.15, 0.2) is 0 Å². The first-order chi connectivity index (χ1) is 7.81. The molecule has 0 aromatic carbocycles. The van der Waals surface area contributed by atoms with Gasteiger partial charge in [-0.1, -0.05) is 32.6 Å². The molecule has 0 radical (unpaired) electrons. The van der Waals surface area contributed by atoms with Crippen molar-refractivity contribution in [2.45, 2.75) is 70.4 Å². The van der Waals surface area contributed by atoms with E-state index in [0.717, 1.165) is 12.3 Å². The molecule has 2 atom stereocenters. The van der Waals surface area contributed by atoms with Crippen LogP contribution in [0.15, 0.2) is 0 Å². The second-order valence-corrected chi connectivity index (χ2v) is 5.69. The standard InChI is InChI=1S/C14H27NO/c1-2-5-12-8-10-15(11-9-12)13-6-3-4-7-14(13)16/h12-14,16H,2-11H2,1H3/t13-,14-/m0/s1. The molecule has 2 heteroatoms. The van der Waals surface area contributed by atoms with E-state index in [-0.39, 0.29) is 6.10 Å². The van der Waals surface area contributed by atoms with Gasteiger partial charge >= 0.3 is 0 Å². The number of aliphatic hydroxyl groups excluding tert-OH is 1. The zero-order valence-corrected chi connectivity index (χ0v) is 10.7. The van der Waals surface area contributed by atoms with Crippen molar-refractivity contribution < 1.29 is 5.11 Å². The number of rotatable bonds is 3. The summed E-state index contributed by atoms with van der Waals surface area (Å²) in [4.78, 5) is 2.57. The normalized spacial score (nSPS) is 34.1. The van der Waals surface area contributed by atoms with E-state index < -0.39 is 0 Å². The Balaban J connectivity index is 1.79. The van der Waals surface area contributed by atoms with Crippen molar-refractivity contribution in [1.29, 1.82) is 0 Å². The molecule has 1 saturated heterocycles. The lowest BCUT2D eigenvalue weighted by Crippen LogP contribution is -2.48. The lowest BCUT2D eigenvalue weighted by molar-refractivity contribution is 0.00340. The van der Waals surface area contributed by atoms with E-state index in [1.807, 2.05) is 0 Å². The molecule has 0 unspecified atom stereocenters. The average molecular weight is 225 g/mol. The van der Waals surface area contributed by atoms with Crippen LogP contribution in [0, 0.1) is 5.92 Å². The van der Waals surface area contributed by atoms with E-state index in [1.165, 1.54) is 58.0 Å². The smallest absolute Gasteiger partial charge is 0.0695 e. The minimum absolute atomic E-state index is 0.0449. The average Bonchev–Trinajstić information content (AvgIpc) is 2.31. The molecule has 0 bridgehead atoms. The maximum absolute atomic E-state index is 10.0. The fourth-order valence-corrected chi connectivity index (χ4v) is 3.50. The lowest BCUT2D eigenvalue weighted by atomic mass is 9.87. The molecule has 1 aliphatic carbocycles. The summed E-state index contributed by atoms with van der Waals surface area (Å²) >= 11 is 0. The Morgan fingerprint density at radius 1 is 1.06 bits per heavy atom. The third-order valence-electron chi connectivity index (χ3n) is 4.51. The largest absolute Gasteiger partial charge is 0.391 e. The van der Waals surface area contributed by atoms with E-state index in [9.17, 15) is 5.11 Å². The van der Waals surface area contributed by atoms with Crippen LogP contribution < -0.4 is 0 Å². The van der Waals surface area contributed by atoms with Crippen LogP contribution in [0.4, 0.5) is 0 Å². The number of nitrogens with zero attached hydrogens (tertiary/aromatic N) is 1. The summed E-state index contributed by atoms with van der Waals surface area (Å²) in [5.41, 5.74) is 0. The van der Waals surface area contributed by atoms with Crippen LogP contribution in [0.3, 0.4) is 0 Å². The van der Waals surface area contributed by atoms with Crippen LogP contribution in [-0.4, -0.2) is 35.2 Å². The molecule has 2 fully saturated rings. The Morgan fingerprint density at radius 3 is 2.38 bits per heavy atom. The predicted molar refractivity (Wildman–Crippen MR) is 67.5 cm³/mol. The topological polar surface area (TPSA) is 23.5 Å². The molecule has 1 heterocycles. The molecule has 0 spiro atoms. The highest BCUT2D eigenvalue weighted by Crippen LogP contribution is 2.28. The van der Waals surface area contributed by atoms with Gasteiger partial charge in [0, 0.05) is 6.04 Å². The summed E-state index contributed by atoms with van der Waals surface area (Å²) in [7, 11) is 0. The molecule has 0 amide bonds. The SMILES string of the molecule is CCCC1CCN([C@H]2CCCC[C@@H]2O)CC1. The third kappa shape index (κ3) is 2.98. The van der Waals surface area contributed by atoms with Crippen LogP contribution >= 0.6 is 0 Å². The summed E-state index contributed by atoms with van der Waals surface area (Å²) in [5.74, 6) is 0.960. The molecular formula is C14H27NO. The molecule has 0 aromatic rings. The monoisotopic (exact) mass is 225 g/mol. The number of piperidine rings is 1. The van der Waals surface area contributed by atoms with Crippen LogP contribution in [0.2, 0.25) is 0 Å². The summed E-state index contributed by atoms with van der Waals surface area (Å²) in [6.45, 7) is 4.75. The van der Waals surface area contributed by atoms with Crippen LogP contribution in [0.5, 0.6) is 0 Å². The van der Waals surface area contributed by atoms with Crippen molar-refractivity contribution in [2.24, 2.45) is 5.92 Å². The minimum atomic E-state index is -0.0449. The van der Waals surface area contributed by atoms with Gasteiger partial charge in [0.25, 0.3) is 0 Å². The van der Waals surface area contributed by atoms with Crippen molar-refractivity contribution >= 4 is 0 Å². The highest BCUT2D eigenvalue weighted by molar-refractivity contribution is 4.85. The van der Waals surface area contributed by atoms with Crippen molar-refractivity contribution in [3.63, 3.8) is 0 Å². The number of hydrogen-bond donors (Lipinski definition) is 1. The van der Waals surface area contributed by atoms with E-state index in [0.29, 0.717) is 6.04 Å². The molecule has 16 heavy (non-hydrogen) atoms. The van der Waals surface area contributed by atoms with Gasteiger partial charge in [-0.15, -0.1) is 0 Å². The van der Waals surface area contributed by atoms with E-state index in [1.54, 1.807) is 0 Å². The van der Waals surface area contributed by atoms with Crippen molar-refractivity contribution in [3.8, 4) is 0 Å². The van der Waals surface area contributed by atoms with Crippen LogP contribution in [0.25, 0.3) is 0 Å². The van der Waals surface area contributed by atoms with E-state index in [2.05, 4.69) is 11.8 Å². The quantitative estimate of drug-likeness (QED) is 0.798. The first-order valence-corrected chi connectivity index (χ1v) is 7.23. The van der Waals surface area contributed by atoms with Gasteiger partial charge in [0.2, 0.25) is 0 Å². The first kappa shape index (κ1) is 12.4. The zero-order valence-electron chi connectivity index (χ0n) is 10.7. The second kappa shape index (κ2) is 6.02. The maximum atomic E-state index is 10.0. The van der Waals surface area contributed by atoms with Gasteiger partial charge in [-0.25, -0.2) is 0 Å². The van der Waals surface area contributed by atoms with Gasteiger partial charge < -0.3 is 5.11 Å². The number of likely N-dealkylation sites (tertiary alicyclic amines) is 1. The van der Waals surface area contributed by atoms with Crippen LogP contribution in [-0.2, 0) is 0 Å². The van der Waals surface area contributed by atoms with Gasteiger partial charge in [-0.05, 0) is 44.7 Å². The Hall–Kier alpha value is -0.0800. The van der Waals surface area contributed by atoms with Crippen molar-refractivity contribution in [2.75, 3.05) is 13.1 Å². The van der Waals surface area contributed by atoms with Crippen molar-refractivity contribution in [3.05, 3.63) is 0 Å². The fourth-order valence-electron chi connectivity index (χ4n) is 3.50. The predicted octanol–water partition coefficient (Wildman–Crippen LogP) is 2.80. The van der Waals surface area contributed by atoms with E-state index >= 15 is 0 Å². The fraction of sp³-hybridized carbons (Fsp3) is 1.00. The van der Waals surface area contributed by atoms with Gasteiger partial charge in [-0.3, -0.25) is 4.90 Å². The first-order valence-electron chi connectivity index (χ1n) is 7.23. The van der Waals surface area contributed by atoms with Gasteiger partial charge in [0.1, 0.15) is 0 Å². The number of aliphatic hydroxyl groups is 1. The van der Waals surface area contributed by atoms with Gasteiger partial charge in [0.05, 0.1) is 6.10 Å². The highest BCUT2D eigenvalue weighted by Gasteiger charge is 2.30. The highest BCUT2D eigenvalue weighted by atomic mass is 16.3. The molecule has 2 nitrogen and oxygen atoms in total.